The predicted octanol–water partition coefficient (Wildman–Crippen LogP) is 12.0. The number of unbranched alkanes of at least 4 members (excludes halogenated alkanes) is 5. The van der Waals surface area contributed by atoms with Gasteiger partial charge in [-0.15, -0.1) is 0 Å². The molecule has 0 aromatic heterocycles. The molecular weight excluding hydrogens is 444 g/mol. The molecule has 2 aromatic rings. The maximum Gasteiger partial charge on any atom is -0.0162 e. The van der Waals surface area contributed by atoms with Crippen LogP contribution in [0.2, 0.25) is 0 Å². The first-order chi connectivity index (χ1) is 18.2. The van der Waals surface area contributed by atoms with Crippen LogP contribution in [0, 0.1) is 17.8 Å². The second kappa shape index (κ2) is 14.9. The summed E-state index contributed by atoms with van der Waals surface area (Å²) in [7, 11) is 0. The van der Waals surface area contributed by atoms with Crippen LogP contribution in [0.15, 0.2) is 54.6 Å². The first kappa shape index (κ1) is 28.2. The van der Waals surface area contributed by atoms with Gasteiger partial charge in [0.2, 0.25) is 0 Å². The molecule has 0 spiro atoms. The molecule has 0 heteroatoms. The Kier molecular flexibility index (Phi) is 11.4. The van der Waals surface area contributed by atoms with Crippen molar-refractivity contribution in [3.8, 4) is 11.1 Å². The standard InChI is InChI=1S/C37H54/c1-4-6-7-8-9-10-11-30-12-16-32(17-13-30)34-20-24-36(25-21-34)37-26-22-35(23-27-37)33-18-14-31(15-19-33)28-29(3)5-2/h18,20-27,29-32H,4-17,19,28H2,1-3H3/t29?,30-,31?,32-. The van der Waals surface area contributed by atoms with Crippen molar-refractivity contribution < 1.29 is 0 Å². The first-order valence-electron chi connectivity index (χ1n) is 16.1. The molecule has 2 aliphatic carbocycles. The highest BCUT2D eigenvalue weighted by molar-refractivity contribution is 5.71. The van der Waals surface area contributed by atoms with Crippen LogP contribution >= 0.6 is 0 Å². The summed E-state index contributed by atoms with van der Waals surface area (Å²) in [5.74, 6) is 3.53. The van der Waals surface area contributed by atoms with Gasteiger partial charge in [-0.3, -0.25) is 0 Å². The molecule has 0 nitrogen and oxygen atoms in total. The van der Waals surface area contributed by atoms with Crippen molar-refractivity contribution in [2.24, 2.45) is 17.8 Å². The zero-order chi connectivity index (χ0) is 25.9. The summed E-state index contributed by atoms with van der Waals surface area (Å²) in [6.45, 7) is 7.04. The van der Waals surface area contributed by atoms with Crippen LogP contribution in [0.4, 0.5) is 0 Å². The van der Waals surface area contributed by atoms with E-state index in [2.05, 4.69) is 75.4 Å². The molecule has 202 valence electrons. The Morgan fingerprint density at radius 1 is 0.676 bits per heavy atom. The number of hydrogen-bond acceptors (Lipinski definition) is 0. The minimum Gasteiger partial charge on any atom is -0.0804 e. The van der Waals surface area contributed by atoms with Crippen molar-refractivity contribution in [2.45, 2.75) is 129 Å². The third kappa shape index (κ3) is 8.59. The lowest BCUT2D eigenvalue weighted by molar-refractivity contribution is 0.302. The lowest BCUT2D eigenvalue weighted by Gasteiger charge is -2.29. The number of rotatable bonds is 13. The van der Waals surface area contributed by atoms with Gasteiger partial charge >= 0.3 is 0 Å². The number of allylic oxidation sites excluding steroid dienone is 2. The van der Waals surface area contributed by atoms with Gasteiger partial charge in [-0.1, -0.05) is 127 Å². The fraction of sp³-hybridized carbons (Fsp3) is 0.622. The molecule has 4 rings (SSSR count). The van der Waals surface area contributed by atoms with Crippen LogP contribution < -0.4 is 0 Å². The highest BCUT2D eigenvalue weighted by Gasteiger charge is 2.22. The summed E-state index contributed by atoms with van der Waals surface area (Å²) < 4.78 is 0. The van der Waals surface area contributed by atoms with Gasteiger partial charge < -0.3 is 0 Å². The average Bonchev–Trinajstić information content (AvgIpc) is 2.96. The van der Waals surface area contributed by atoms with Crippen molar-refractivity contribution in [3.63, 3.8) is 0 Å². The van der Waals surface area contributed by atoms with Crippen LogP contribution in [-0.2, 0) is 0 Å². The monoisotopic (exact) mass is 498 g/mol. The molecule has 0 radical (unpaired) electrons. The van der Waals surface area contributed by atoms with Crippen molar-refractivity contribution >= 4 is 5.57 Å². The molecule has 2 atom stereocenters. The normalized spacial score (nSPS) is 23.0. The predicted molar refractivity (Wildman–Crippen MR) is 164 cm³/mol. The number of hydrogen-bond donors (Lipinski definition) is 0. The van der Waals surface area contributed by atoms with E-state index in [-0.39, 0.29) is 0 Å². The minimum absolute atomic E-state index is 0.777. The van der Waals surface area contributed by atoms with E-state index in [0.29, 0.717) is 0 Å². The lowest BCUT2D eigenvalue weighted by Crippen LogP contribution is -2.13. The Labute approximate surface area is 229 Å². The quantitative estimate of drug-likeness (QED) is 0.241. The van der Waals surface area contributed by atoms with Crippen LogP contribution in [-0.4, -0.2) is 0 Å². The second-order valence-corrected chi connectivity index (χ2v) is 12.6. The van der Waals surface area contributed by atoms with Gasteiger partial charge in [0.25, 0.3) is 0 Å². The molecular formula is C37H54. The van der Waals surface area contributed by atoms with E-state index in [4.69, 9.17) is 0 Å². The zero-order valence-electron chi connectivity index (χ0n) is 24.3. The smallest absolute Gasteiger partial charge is 0.0162 e. The van der Waals surface area contributed by atoms with Crippen molar-refractivity contribution in [1.82, 2.24) is 0 Å². The third-order valence-corrected chi connectivity index (χ3v) is 9.74. The van der Waals surface area contributed by atoms with Gasteiger partial charge in [0.05, 0.1) is 0 Å². The van der Waals surface area contributed by atoms with E-state index in [1.807, 2.05) is 0 Å². The molecule has 1 fully saturated rings. The third-order valence-electron chi connectivity index (χ3n) is 9.74. The summed E-state index contributed by atoms with van der Waals surface area (Å²) in [6, 6.07) is 19.0. The summed E-state index contributed by atoms with van der Waals surface area (Å²) in [4.78, 5) is 0. The van der Waals surface area contributed by atoms with Gasteiger partial charge in [0.15, 0.2) is 0 Å². The molecule has 0 aliphatic heterocycles. The van der Waals surface area contributed by atoms with Crippen LogP contribution in [0.25, 0.3) is 16.7 Å². The van der Waals surface area contributed by atoms with Crippen molar-refractivity contribution in [1.29, 1.82) is 0 Å². The summed E-state index contributed by atoms with van der Waals surface area (Å²) in [5, 5.41) is 0. The maximum atomic E-state index is 2.53. The van der Waals surface area contributed by atoms with Gasteiger partial charge in [-0.2, -0.15) is 0 Å². The average molecular weight is 499 g/mol. The highest BCUT2D eigenvalue weighted by Crippen LogP contribution is 2.39. The Hall–Kier alpha value is -1.82. The van der Waals surface area contributed by atoms with Gasteiger partial charge in [-0.05, 0) is 103 Å². The molecule has 0 amide bonds. The molecule has 1 saturated carbocycles. The molecule has 2 aromatic carbocycles. The van der Waals surface area contributed by atoms with Crippen LogP contribution in [0.5, 0.6) is 0 Å². The Morgan fingerprint density at radius 2 is 1.30 bits per heavy atom. The largest absolute Gasteiger partial charge is 0.0804 e. The zero-order valence-corrected chi connectivity index (χ0v) is 24.3. The van der Waals surface area contributed by atoms with Crippen LogP contribution in [0.3, 0.4) is 0 Å². The molecule has 2 aliphatic rings. The van der Waals surface area contributed by atoms with Crippen LogP contribution in [0.1, 0.15) is 141 Å². The Bertz CT molecular complexity index is 923. The maximum absolute atomic E-state index is 2.53. The molecule has 0 N–H and O–H groups in total. The van der Waals surface area contributed by atoms with E-state index in [0.717, 1.165) is 23.7 Å². The van der Waals surface area contributed by atoms with Crippen molar-refractivity contribution in [3.05, 3.63) is 65.7 Å². The minimum atomic E-state index is 0.777. The molecule has 0 saturated heterocycles. The van der Waals surface area contributed by atoms with Gasteiger partial charge in [-0.25, -0.2) is 0 Å². The van der Waals surface area contributed by atoms with E-state index in [9.17, 15) is 0 Å². The fourth-order valence-electron chi connectivity index (χ4n) is 6.92. The van der Waals surface area contributed by atoms with E-state index < -0.39 is 0 Å². The summed E-state index contributed by atoms with van der Waals surface area (Å²) in [6.07, 6.45) is 24.9. The molecule has 2 unspecified atom stereocenters. The summed E-state index contributed by atoms with van der Waals surface area (Å²) in [5.41, 5.74) is 7.27. The SMILES string of the molecule is CCCCCCCC[C@H]1CC[C@H](c2ccc(-c3ccc(C4=CCC(CC(C)CC)CC4)cc3)cc2)CC1. The fourth-order valence-corrected chi connectivity index (χ4v) is 6.92. The lowest BCUT2D eigenvalue weighted by atomic mass is 9.77. The van der Waals surface area contributed by atoms with Gasteiger partial charge in [0, 0.05) is 0 Å². The first-order valence-corrected chi connectivity index (χ1v) is 16.1. The topological polar surface area (TPSA) is 0 Å². The molecule has 0 bridgehead atoms. The Balaban J connectivity index is 1.23. The van der Waals surface area contributed by atoms with Crippen molar-refractivity contribution in [2.75, 3.05) is 0 Å². The second-order valence-electron chi connectivity index (χ2n) is 12.6. The molecule has 37 heavy (non-hydrogen) atoms. The van der Waals surface area contributed by atoms with Gasteiger partial charge in [0.1, 0.15) is 0 Å². The van der Waals surface area contributed by atoms with E-state index in [1.165, 1.54) is 119 Å². The Morgan fingerprint density at radius 3 is 1.92 bits per heavy atom. The van der Waals surface area contributed by atoms with E-state index in [1.54, 1.807) is 11.1 Å². The highest BCUT2D eigenvalue weighted by atomic mass is 14.3. The van der Waals surface area contributed by atoms with E-state index >= 15 is 0 Å². The summed E-state index contributed by atoms with van der Waals surface area (Å²) >= 11 is 0. The molecule has 0 heterocycles. The number of benzene rings is 2.